The van der Waals surface area contributed by atoms with Crippen molar-refractivity contribution in [2.24, 2.45) is 5.92 Å². The molecule has 18 heavy (non-hydrogen) atoms. The SMILES string of the molecule is O=C(CC1CCNC1)Nc1ccc2c(c1)CCC2. The third-order valence-electron chi connectivity index (χ3n) is 4.02. The number of carbonyl (C=O) groups is 1. The van der Waals surface area contributed by atoms with Crippen LogP contribution in [0.5, 0.6) is 0 Å². The Balaban J connectivity index is 1.60. The predicted molar refractivity (Wildman–Crippen MR) is 72.7 cm³/mol. The fourth-order valence-corrected chi connectivity index (χ4v) is 3.01. The van der Waals surface area contributed by atoms with Crippen molar-refractivity contribution in [1.29, 1.82) is 0 Å². The van der Waals surface area contributed by atoms with Gasteiger partial charge in [-0.05, 0) is 68.0 Å². The maximum absolute atomic E-state index is 11.9. The molecule has 1 atom stereocenters. The van der Waals surface area contributed by atoms with Gasteiger partial charge in [-0.1, -0.05) is 6.07 Å². The number of amides is 1. The van der Waals surface area contributed by atoms with Crippen LogP contribution >= 0.6 is 0 Å². The van der Waals surface area contributed by atoms with Gasteiger partial charge in [-0.25, -0.2) is 0 Å². The van der Waals surface area contributed by atoms with Gasteiger partial charge in [0.15, 0.2) is 0 Å². The Morgan fingerprint density at radius 2 is 2.22 bits per heavy atom. The average molecular weight is 244 g/mol. The first kappa shape index (κ1) is 11.7. The van der Waals surface area contributed by atoms with Gasteiger partial charge in [-0.2, -0.15) is 0 Å². The first-order chi connectivity index (χ1) is 8.81. The van der Waals surface area contributed by atoms with E-state index in [-0.39, 0.29) is 5.91 Å². The summed E-state index contributed by atoms with van der Waals surface area (Å²) in [5.41, 5.74) is 3.83. The van der Waals surface area contributed by atoms with Crippen molar-refractivity contribution >= 4 is 11.6 Å². The highest BCUT2D eigenvalue weighted by Crippen LogP contribution is 2.25. The number of nitrogens with one attached hydrogen (secondary N) is 2. The molecule has 0 bridgehead atoms. The zero-order chi connectivity index (χ0) is 12.4. The van der Waals surface area contributed by atoms with Crippen LogP contribution in [0.2, 0.25) is 0 Å². The summed E-state index contributed by atoms with van der Waals surface area (Å²) < 4.78 is 0. The van der Waals surface area contributed by atoms with Crippen molar-refractivity contribution < 1.29 is 4.79 Å². The molecule has 1 aromatic carbocycles. The van der Waals surface area contributed by atoms with Crippen molar-refractivity contribution in [2.45, 2.75) is 32.1 Å². The van der Waals surface area contributed by atoms with Crippen LogP contribution in [-0.4, -0.2) is 19.0 Å². The summed E-state index contributed by atoms with van der Waals surface area (Å²) in [5.74, 6) is 0.668. The highest BCUT2D eigenvalue weighted by atomic mass is 16.1. The van der Waals surface area contributed by atoms with Crippen LogP contribution in [0, 0.1) is 5.92 Å². The Morgan fingerprint density at radius 3 is 3.06 bits per heavy atom. The lowest BCUT2D eigenvalue weighted by atomic mass is 10.0. The molecule has 0 aromatic heterocycles. The Kier molecular flexibility index (Phi) is 3.33. The zero-order valence-electron chi connectivity index (χ0n) is 10.7. The summed E-state index contributed by atoms with van der Waals surface area (Å²) in [7, 11) is 0. The fraction of sp³-hybridized carbons (Fsp3) is 0.533. The van der Waals surface area contributed by atoms with E-state index in [1.54, 1.807) is 0 Å². The Labute approximate surface area is 108 Å². The van der Waals surface area contributed by atoms with Crippen LogP contribution in [0.15, 0.2) is 18.2 Å². The number of hydrogen-bond donors (Lipinski definition) is 2. The molecule has 0 radical (unpaired) electrons. The minimum absolute atomic E-state index is 0.154. The molecule has 1 amide bonds. The van der Waals surface area contributed by atoms with Gasteiger partial charge in [0.25, 0.3) is 0 Å². The van der Waals surface area contributed by atoms with E-state index in [0.717, 1.165) is 31.6 Å². The molecule has 1 saturated heterocycles. The Morgan fingerprint density at radius 1 is 1.33 bits per heavy atom. The van der Waals surface area contributed by atoms with Crippen LogP contribution in [0.25, 0.3) is 0 Å². The maximum atomic E-state index is 11.9. The molecule has 1 heterocycles. The lowest BCUT2D eigenvalue weighted by molar-refractivity contribution is -0.116. The second-order valence-corrected chi connectivity index (χ2v) is 5.45. The third kappa shape index (κ3) is 2.56. The molecule has 96 valence electrons. The van der Waals surface area contributed by atoms with Crippen LogP contribution in [0.4, 0.5) is 5.69 Å². The van der Waals surface area contributed by atoms with Crippen LogP contribution in [0.3, 0.4) is 0 Å². The lowest BCUT2D eigenvalue weighted by Gasteiger charge is -2.10. The molecule has 1 aromatic rings. The van der Waals surface area contributed by atoms with E-state index in [9.17, 15) is 4.79 Å². The second kappa shape index (κ2) is 5.11. The molecule has 0 saturated carbocycles. The smallest absolute Gasteiger partial charge is 0.224 e. The van der Waals surface area contributed by atoms with Gasteiger partial charge in [0.2, 0.25) is 5.91 Å². The first-order valence-corrected chi connectivity index (χ1v) is 6.93. The maximum Gasteiger partial charge on any atom is 0.224 e. The van der Waals surface area contributed by atoms with E-state index >= 15 is 0 Å². The fourth-order valence-electron chi connectivity index (χ4n) is 3.01. The largest absolute Gasteiger partial charge is 0.326 e. The summed E-state index contributed by atoms with van der Waals surface area (Å²) in [5, 5.41) is 6.33. The molecule has 1 aliphatic carbocycles. The number of benzene rings is 1. The second-order valence-electron chi connectivity index (χ2n) is 5.45. The van der Waals surface area contributed by atoms with Gasteiger partial charge in [0.05, 0.1) is 0 Å². The summed E-state index contributed by atoms with van der Waals surface area (Å²) in [6.45, 7) is 2.04. The molecule has 3 nitrogen and oxygen atoms in total. The number of fused-ring (bicyclic) bond motifs is 1. The molecule has 0 spiro atoms. The highest BCUT2D eigenvalue weighted by molar-refractivity contribution is 5.91. The number of rotatable bonds is 3. The molecule has 2 aliphatic rings. The topological polar surface area (TPSA) is 41.1 Å². The third-order valence-corrected chi connectivity index (χ3v) is 4.02. The molecule has 2 N–H and O–H groups in total. The molecule has 3 rings (SSSR count). The predicted octanol–water partition coefficient (Wildman–Crippen LogP) is 2.11. The van der Waals surface area contributed by atoms with E-state index in [4.69, 9.17) is 0 Å². The van der Waals surface area contributed by atoms with Gasteiger partial charge >= 0.3 is 0 Å². The first-order valence-electron chi connectivity index (χ1n) is 6.93. The normalized spacial score (nSPS) is 21.9. The number of aryl methyl sites for hydroxylation is 2. The lowest BCUT2D eigenvalue weighted by Crippen LogP contribution is -2.18. The summed E-state index contributed by atoms with van der Waals surface area (Å²) in [4.78, 5) is 11.9. The van der Waals surface area contributed by atoms with E-state index in [1.165, 1.54) is 24.0 Å². The molecule has 1 aliphatic heterocycles. The van der Waals surface area contributed by atoms with E-state index in [2.05, 4.69) is 22.8 Å². The molecular formula is C15H20N2O. The van der Waals surface area contributed by atoms with Gasteiger partial charge in [-0.15, -0.1) is 0 Å². The van der Waals surface area contributed by atoms with E-state index in [1.807, 2.05) is 6.07 Å². The molecule has 3 heteroatoms. The number of hydrogen-bond acceptors (Lipinski definition) is 2. The van der Waals surface area contributed by atoms with E-state index < -0.39 is 0 Å². The molecule has 1 unspecified atom stereocenters. The van der Waals surface area contributed by atoms with E-state index in [0.29, 0.717) is 12.3 Å². The van der Waals surface area contributed by atoms with Gasteiger partial charge in [-0.3, -0.25) is 4.79 Å². The quantitative estimate of drug-likeness (QED) is 0.855. The Hall–Kier alpha value is -1.35. The van der Waals surface area contributed by atoms with Crippen LogP contribution < -0.4 is 10.6 Å². The number of carbonyl (C=O) groups excluding carboxylic acids is 1. The minimum atomic E-state index is 0.154. The van der Waals surface area contributed by atoms with Crippen molar-refractivity contribution in [3.63, 3.8) is 0 Å². The van der Waals surface area contributed by atoms with Crippen molar-refractivity contribution in [3.05, 3.63) is 29.3 Å². The van der Waals surface area contributed by atoms with Crippen LogP contribution in [0.1, 0.15) is 30.4 Å². The molecular weight excluding hydrogens is 224 g/mol. The highest BCUT2D eigenvalue weighted by Gasteiger charge is 2.18. The van der Waals surface area contributed by atoms with Crippen LogP contribution in [-0.2, 0) is 17.6 Å². The van der Waals surface area contributed by atoms with Gasteiger partial charge in [0, 0.05) is 12.1 Å². The van der Waals surface area contributed by atoms with Crippen molar-refractivity contribution in [2.75, 3.05) is 18.4 Å². The summed E-state index contributed by atoms with van der Waals surface area (Å²) >= 11 is 0. The van der Waals surface area contributed by atoms with Gasteiger partial charge < -0.3 is 10.6 Å². The standard InChI is InChI=1S/C15H20N2O/c18-15(8-11-6-7-16-10-11)17-14-5-4-12-2-1-3-13(12)9-14/h4-5,9,11,16H,1-3,6-8,10H2,(H,17,18). The average Bonchev–Trinajstić information content (AvgIpc) is 2.98. The van der Waals surface area contributed by atoms with Crippen molar-refractivity contribution in [3.8, 4) is 0 Å². The monoisotopic (exact) mass is 244 g/mol. The summed E-state index contributed by atoms with van der Waals surface area (Å²) in [6.07, 6.45) is 5.37. The van der Waals surface area contributed by atoms with Crippen molar-refractivity contribution in [1.82, 2.24) is 5.32 Å². The number of anilines is 1. The minimum Gasteiger partial charge on any atom is -0.326 e. The molecule has 1 fully saturated rings. The zero-order valence-corrected chi connectivity index (χ0v) is 10.7. The Bertz CT molecular complexity index is 450. The van der Waals surface area contributed by atoms with Gasteiger partial charge in [0.1, 0.15) is 0 Å². The summed E-state index contributed by atoms with van der Waals surface area (Å²) in [6, 6.07) is 6.34.